The standard InChI is InChI=1S/C24H17Cl2NO4/c1-14-10-11-16-19(12-14)31-23(15-6-3-2-4-7-15)24(22(16)29)30-13-20(28)27-18-9-5-8-17(25)21(18)26/h2-12H,13H2,1H3,(H,27,28). The number of carbonyl (C=O) groups excluding carboxylic acids is 1. The molecular formula is C24H17Cl2NO4. The summed E-state index contributed by atoms with van der Waals surface area (Å²) < 4.78 is 11.7. The molecule has 0 unspecified atom stereocenters. The van der Waals surface area contributed by atoms with E-state index in [0.29, 0.717) is 27.2 Å². The van der Waals surface area contributed by atoms with Crippen LogP contribution >= 0.6 is 23.2 Å². The van der Waals surface area contributed by atoms with Crippen LogP contribution in [0.2, 0.25) is 10.0 Å². The summed E-state index contributed by atoms with van der Waals surface area (Å²) in [7, 11) is 0. The minimum Gasteiger partial charge on any atom is -0.476 e. The summed E-state index contributed by atoms with van der Waals surface area (Å²) in [5.41, 5.74) is 2.07. The van der Waals surface area contributed by atoms with Gasteiger partial charge in [-0.15, -0.1) is 0 Å². The Kier molecular flexibility index (Phi) is 5.98. The van der Waals surface area contributed by atoms with Crippen molar-refractivity contribution in [3.63, 3.8) is 0 Å². The summed E-state index contributed by atoms with van der Waals surface area (Å²) in [4.78, 5) is 25.6. The summed E-state index contributed by atoms with van der Waals surface area (Å²) in [6, 6.07) is 19.3. The van der Waals surface area contributed by atoms with Gasteiger partial charge in [0.1, 0.15) is 5.58 Å². The Morgan fingerprint density at radius 1 is 1.03 bits per heavy atom. The van der Waals surface area contributed by atoms with Crippen molar-refractivity contribution in [2.45, 2.75) is 6.92 Å². The molecule has 0 aliphatic heterocycles. The summed E-state index contributed by atoms with van der Waals surface area (Å²) in [5, 5.41) is 3.55. The first-order chi connectivity index (χ1) is 14.9. The van der Waals surface area contributed by atoms with Crippen LogP contribution in [0.5, 0.6) is 5.75 Å². The fourth-order valence-corrected chi connectivity index (χ4v) is 3.47. The lowest BCUT2D eigenvalue weighted by atomic mass is 10.1. The molecule has 5 nitrogen and oxygen atoms in total. The third kappa shape index (κ3) is 4.43. The van der Waals surface area contributed by atoms with Crippen LogP contribution in [0, 0.1) is 6.92 Å². The molecule has 1 amide bonds. The number of nitrogens with one attached hydrogen (secondary N) is 1. The van der Waals surface area contributed by atoms with E-state index in [-0.39, 0.29) is 22.0 Å². The number of aryl methyl sites for hydroxylation is 1. The third-order valence-corrected chi connectivity index (χ3v) is 5.43. The molecule has 7 heteroatoms. The molecular weight excluding hydrogens is 437 g/mol. The Hall–Kier alpha value is -3.28. The van der Waals surface area contributed by atoms with Gasteiger partial charge in [-0.2, -0.15) is 0 Å². The van der Waals surface area contributed by atoms with Crippen LogP contribution in [-0.4, -0.2) is 12.5 Å². The third-order valence-electron chi connectivity index (χ3n) is 4.62. The lowest BCUT2D eigenvalue weighted by molar-refractivity contribution is -0.118. The highest BCUT2D eigenvalue weighted by molar-refractivity contribution is 6.44. The van der Waals surface area contributed by atoms with Crippen molar-refractivity contribution in [1.29, 1.82) is 0 Å². The molecule has 4 aromatic rings. The maximum atomic E-state index is 13.1. The van der Waals surface area contributed by atoms with E-state index in [4.69, 9.17) is 32.4 Å². The Morgan fingerprint density at radius 3 is 2.58 bits per heavy atom. The van der Waals surface area contributed by atoms with E-state index >= 15 is 0 Å². The first-order valence-electron chi connectivity index (χ1n) is 9.43. The minimum absolute atomic E-state index is 0.0325. The number of rotatable bonds is 5. The van der Waals surface area contributed by atoms with Crippen molar-refractivity contribution >= 4 is 45.8 Å². The molecule has 0 spiro atoms. The Balaban J connectivity index is 1.68. The molecule has 4 rings (SSSR count). The second kappa shape index (κ2) is 8.84. The molecule has 156 valence electrons. The Labute approximate surface area is 188 Å². The molecule has 0 aliphatic carbocycles. The molecule has 31 heavy (non-hydrogen) atoms. The van der Waals surface area contributed by atoms with Crippen molar-refractivity contribution in [2.24, 2.45) is 0 Å². The molecule has 0 bridgehead atoms. The van der Waals surface area contributed by atoms with Crippen LogP contribution in [0.15, 0.2) is 75.9 Å². The number of ether oxygens (including phenoxy) is 1. The number of hydrogen-bond acceptors (Lipinski definition) is 4. The highest BCUT2D eigenvalue weighted by Crippen LogP contribution is 2.32. The van der Waals surface area contributed by atoms with Crippen molar-refractivity contribution in [1.82, 2.24) is 0 Å². The molecule has 0 atom stereocenters. The molecule has 1 N–H and O–H groups in total. The van der Waals surface area contributed by atoms with Crippen molar-refractivity contribution in [3.8, 4) is 17.1 Å². The lowest BCUT2D eigenvalue weighted by Gasteiger charge is -2.13. The average Bonchev–Trinajstić information content (AvgIpc) is 2.76. The highest BCUT2D eigenvalue weighted by atomic mass is 35.5. The number of halogens is 2. The van der Waals surface area contributed by atoms with Crippen molar-refractivity contribution < 1.29 is 13.9 Å². The molecule has 0 aliphatic rings. The Morgan fingerprint density at radius 2 is 1.81 bits per heavy atom. The summed E-state index contributed by atoms with van der Waals surface area (Å²) in [5.74, 6) is -0.265. The van der Waals surface area contributed by atoms with E-state index in [9.17, 15) is 9.59 Å². The van der Waals surface area contributed by atoms with E-state index in [1.807, 2.05) is 31.2 Å². The predicted octanol–water partition coefficient (Wildman–Crippen LogP) is 6.09. The van der Waals surface area contributed by atoms with Crippen LogP contribution in [0.3, 0.4) is 0 Å². The lowest BCUT2D eigenvalue weighted by Crippen LogP contribution is -2.22. The molecule has 3 aromatic carbocycles. The quantitative estimate of drug-likeness (QED) is 0.396. The first-order valence-corrected chi connectivity index (χ1v) is 10.2. The van der Waals surface area contributed by atoms with Gasteiger partial charge >= 0.3 is 0 Å². The maximum Gasteiger partial charge on any atom is 0.262 e. The highest BCUT2D eigenvalue weighted by Gasteiger charge is 2.19. The Bertz CT molecular complexity index is 1330. The average molecular weight is 454 g/mol. The fraction of sp³-hybridized carbons (Fsp3) is 0.0833. The van der Waals surface area contributed by atoms with Crippen molar-refractivity contribution in [2.75, 3.05) is 11.9 Å². The SMILES string of the molecule is Cc1ccc2c(=O)c(OCC(=O)Nc3cccc(Cl)c3Cl)c(-c3ccccc3)oc2c1. The zero-order chi connectivity index (χ0) is 22.0. The number of benzene rings is 3. The second-order valence-corrected chi connectivity index (χ2v) is 7.68. The van der Waals surface area contributed by atoms with Crippen molar-refractivity contribution in [3.05, 3.63) is 92.6 Å². The van der Waals surface area contributed by atoms with E-state index in [0.717, 1.165) is 5.56 Å². The van der Waals surface area contributed by atoms with E-state index in [1.54, 1.807) is 42.5 Å². The largest absolute Gasteiger partial charge is 0.476 e. The van der Waals surface area contributed by atoms with Gasteiger partial charge in [-0.3, -0.25) is 9.59 Å². The van der Waals surface area contributed by atoms with Gasteiger partial charge in [-0.1, -0.05) is 65.7 Å². The zero-order valence-electron chi connectivity index (χ0n) is 16.4. The summed E-state index contributed by atoms with van der Waals surface area (Å²) in [6.45, 7) is 1.50. The summed E-state index contributed by atoms with van der Waals surface area (Å²) >= 11 is 12.1. The van der Waals surface area contributed by atoms with Gasteiger partial charge in [-0.25, -0.2) is 0 Å². The first kappa shape index (κ1) is 21.0. The number of amides is 1. The van der Waals surface area contributed by atoms with Gasteiger partial charge in [0, 0.05) is 5.56 Å². The van der Waals surface area contributed by atoms with Crippen LogP contribution < -0.4 is 15.5 Å². The van der Waals surface area contributed by atoms with Crippen LogP contribution in [0.4, 0.5) is 5.69 Å². The predicted molar refractivity (Wildman–Crippen MR) is 123 cm³/mol. The number of hydrogen-bond donors (Lipinski definition) is 1. The normalized spacial score (nSPS) is 10.8. The van der Waals surface area contributed by atoms with Gasteiger partial charge in [0.25, 0.3) is 5.91 Å². The van der Waals surface area contributed by atoms with E-state index in [2.05, 4.69) is 5.32 Å². The number of fused-ring (bicyclic) bond motifs is 1. The molecule has 1 heterocycles. The summed E-state index contributed by atoms with van der Waals surface area (Å²) in [6.07, 6.45) is 0. The number of anilines is 1. The monoisotopic (exact) mass is 453 g/mol. The van der Waals surface area contributed by atoms with E-state index in [1.165, 1.54) is 0 Å². The van der Waals surface area contributed by atoms with Gasteiger partial charge in [-0.05, 0) is 36.8 Å². The molecule has 0 saturated heterocycles. The van der Waals surface area contributed by atoms with Crippen LogP contribution in [-0.2, 0) is 4.79 Å². The molecule has 0 saturated carbocycles. The van der Waals surface area contributed by atoms with Crippen LogP contribution in [0.25, 0.3) is 22.3 Å². The smallest absolute Gasteiger partial charge is 0.262 e. The van der Waals surface area contributed by atoms with Gasteiger partial charge in [0.2, 0.25) is 11.2 Å². The number of carbonyl (C=O) groups is 1. The molecule has 0 fully saturated rings. The topological polar surface area (TPSA) is 68.5 Å². The van der Waals surface area contributed by atoms with Gasteiger partial charge in [0.15, 0.2) is 12.4 Å². The maximum absolute atomic E-state index is 13.1. The van der Waals surface area contributed by atoms with Gasteiger partial charge < -0.3 is 14.5 Å². The minimum atomic E-state index is -0.494. The zero-order valence-corrected chi connectivity index (χ0v) is 18.0. The molecule has 0 radical (unpaired) electrons. The second-order valence-electron chi connectivity index (χ2n) is 6.89. The van der Waals surface area contributed by atoms with Crippen LogP contribution in [0.1, 0.15) is 5.56 Å². The van der Waals surface area contributed by atoms with E-state index < -0.39 is 12.5 Å². The van der Waals surface area contributed by atoms with Gasteiger partial charge in [0.05, 0.1) is 21.1 Å². The molecule has 1 aromatic heterocycles. The fourth-order valence-electron chi connectivity index (χ4n) is 3.12.